The van der Waals surface area contributed by atoms with Crippen LogP contribution in [0.5, 0.6) is 0 Å². The Labute approximate surface area is 198 Å². The van der Waals surface area contributed by atoms with Crippen molar-refractivity contribution in [1.29, 1.82) is 0 Å². The van der Waals surface area contributed by atoms with E-state index in [4.69, 9.17) is 12.2 Å². The Morgan fingerprint density at radius 1 is 0.909 bits per heavy atom. The van der Waals surface area contributed by atoms with Crippen molar-refractivity contribution in [1.82, 2.24) is 14.9 Å². The summed E-state index contributed by atoms with van der Waals surface area (Å²) in [5.41, 5.74) is 5.15. The second kappa shape index (κ2) is 8.79. The molecule has 0 radical (unpaired) electrons. The van der Waals surface area contributed by atoms with Crippen molar-refractivity contribution >= 4 is 23.0 Å². The van der Waals surface area contributed by atoms with E-state index in [1.54, 1.807) is 18.3 Å². The molecule has 1 fully saturated rings. The number of benzene rings is 2. The molecule has 1 saturated heterocycles. The predicted octanol–water partition coefficient (Wildman–Crippen LogP) is 6.31. The number of rotatable bonds is 5. The summed E-state index contributed by atoms with van der Waals surface area (Å²) in [4.78, 5) is 6.79. The van der Waals surface area contributed by atoms with Gasteiger partial charge in [0.25, 0.3) is 0 Å². The lowest BCUT2D eigenvalue weighted by Crippen LogP contribution is -2.30. The molecule has 0 amide bonds. The quantitative estimate of drug-likeness (QED) is 0.357. The molecule has 2 aromatic carbocycles. The highest BCUT2D eigenvalue weighted by Crippen LogP contribution is 2.42. The van der Waals surface area contributed by atoms with Crippen molar-refractivity contribution in [2.75, 3.05) is 4.90 Å². The van der Waals surface area contributed by atoms with Crippen LogP contribution < -0.4 is 10.2 Å². The lowest BCUT2D eigenvalue weighted by molar-refractivity contribution is 0.549. The van der Waals surface area contributed by atoms with Gasteiger partial charge in [-0.05, 0) is 84.4 Å². The summed E-state index contributed by atoms with van der Waals surface area (Å²) < 4.78 is 15.7. The molecule has 1 aliphatic heterocycles. The standard InChI is InChI=1S/C27H25FN4S/c1-18(2)19-8-12-22(13-9-19)32-26(25(30-27(32)33)23-6-3-4-16-29-23)24-7-5-17-31(24)21-14-10-20(28)11-15-21/h3-18,25-26H,1-2H3,(H,30,33). The maximum atomic E-state index is 13.6. The van der Waals surface area contributed by atoms with Gasteiger partial charge in [0.2, 0.25) is 0 Å². The number of halogens is 1. The molecule has 33 heavy (non-hydrogen) atoms. The monoisotopic (exact) mass is 456 g/mol. The van der Waals surface area contributed by atoms with E-state index >= 15 is 0 Å². The normalized spacial score (nSPS) is 18.1. The third-order valence-electron chi connectivity index (χ3n) is 6.12. The number of nitrogens with one attached hydrogen (secondary N) is 1. The fourth-order valence-electron chi connectivity index (χ4n) is 4.43. The van der Waals surface area contributed by atoms with Crippen molar-refractivity contribution < 1.29 is 4.39 Å². The van der Waals surface area contributed by atoms with E-state index < -0.39 is 0 Å². The summed E-state index contributed by atoms with van der Waals surface area (Å²) in [6.07, 6.45) is 3.80. The second-order valence-electron chi connectivity index (χ2n) is 8.52. The van der Waals surface area contributed by atoms with Crippen LogP contribution in [-0.4, -0.2) is 14.7 Å². The van der Waals surface area contributed by atoms with Gasteiger partial charge in [0, 0.05) is 29.5 Å². The molecule has 1 N–H and O–H groups in total. The number of aromatic nitrogens is 2. The van der Waals surface area contributed by atoms with Crippen LogP contribution >= 0.6 is 12.2 Å². The first-order valence-electron chi connectivity index (χ1n) is 11.1. The average molecular weight is 457 g/mol. The fourth-order valence-corrected chi connectivity index (χ4v) is 4.77. The van der Waals surface area contributed by atoms with Gasteiger partial charge in [0.05, 0.1) is 11.7 Å². The Morgan fingerprint density at radius 3 is 2.30 bits per heavy atom. The molecular formula is C27H25FN4S. The smallest absolute Gasteiger partial charge is 0.174 e. The molecule has 0 spiro atoms. The van der Waals surface area contributed by atoms with Crippen LogP contribution in [-0.2, 0) is 0 Å². The zero-order valence-electron chi connectivity index (χ0n) is 18.5. The number of thiocarbonyl (C=S) groups is 1. The van der Waals surface area contributed by atoms with Gasteiger partial charge < -0.3 is 14.8 Å². The lowest BCUT2D eigenvalue weighted by Gasteiger charge is -2.29. The summed E-state index contributed by atoms with van der Waals surface area (Å²) in [5, 5.41) is 4.16. The molecule has 166 valence electrons. The Kier molecular flexibility index (Phi) is 5.68. The first kappa shape index (κ1) is 21.3. The van der Waals surface area contributed by atoms with Crippen molar-refractivity contribution in [2.24, 2.45) is 0 Å². The molecule has 4 nitrogen and oxygen atoms in total. The molecule has 4 aromatic rings. The van der Waals surface area contributed by atoms with Crippen LogP contribution in [0, 0.1) is 5.82 Å². The SMILES string of the molecule is CC(C)c1ccc(N2C(=S)NC(c3ccccn3)C2c2cccn2-c2ccc(F)cc2)cc1. The minimum Gasteiger partial charge on any atom is -0.351 e. The topological polar surface area (TPSA) is 33.1 Å². The molecule has 5 rings (SSSR count). The van der Waals surface area contributed by atoms with Gasteiger partial charge in [-0.2, -0.15) is 0 Å². The van der Waals surface area contributed by atoms with E-state index in [0.29, 0.717) is 11.0 Å². The Hall–Kier alpha value is -3.51. The van der Waals surface area contributed by atoms with Gasteiger partial charge in [-0.1, -0.05) is 32.0 Å². The van der Waals surface area contributed by atoms with Gasteiger partial charge in [-0.3, -0.25) is 4.98 Å². The zero-order valence-corrected chi connectivity index (χ0v) is 19.3. The van der Waals surface area contributed by atoms with Crippen LogP contribution in [0.2, 0.25) is 0 Å². The largest absolute Gasteiger partial charge is 0.351 e. The van der Waals surface area contributed by atoms with Gasteiger partial charge in [0.1, 0.15) is 11.9 Å². The summed E-state index contributed by atoms with van der Waals surface area (Å²) in [6.45, 7) is 4.37. The highest BCUT2D eigenvalue weighted by atomic mass is 32.1. The third kappa shape index (κ3) is 4.02. The molecule has 0 bridgehead atoms. The van der Waals surface area contributed by atoms with Gasteiger partial charge >= 0.3 is 0 Å². The first-order valence-corrected chi connectivity index (χ1v) is 11.5. The summed E-state index contributed by atoms with van der Waals surface area (Å²) in [5.74, 6) is 0.199. The maximum Gasteiger partial charge on any atom is 0.174 e. The van der Waals surface area contributed by atoms with E-state index in [9.17, 15) is 4.39 Å². The molecule has 3 heterocycles. The van der Waals surface area contributed by atoms with Crippen LogP contribution in [0.15, 0.2) is 91.3 Å². The number of hydrogen-bond donors (Lipinski definition) is 1. The molecule has 0 aliphatic carbocycles. The second-order valence-corrected chi connectivity index (χ2v) is 8.91. The molecule has 2 unspecified atom stereocenters. The Morgan fingerprint density at radius 2 is 1.64 bits per heavy atom. The van der Waals surface area contributed by atoms with E-state index in [1.807, 2.05) is 30.5 Å². The van der Waals surface area contributed by atoms with Crippen molar-refractivity contribution in [2.45, 2.75) is 31.8 Å². The van der Waals surface area contributed by atoms with E-state index in [-0.39, 0.29) is 17.9 Å². The Balaban J connectivity index is 1.63. The van der Waals surface area contributed by atoms with Crippen molar-refractivity contribution in [3.8, 4) is 5.69 Å². The van der Waals surface area contributed by atoms with Gasteiger partial charge in [-0.15, -0.1) is 0 Å². The molecule has 0 saturated carbocycles. The highest BCUT2D eigenvalue weighted by Gasteiger charge is 2.42. The average Bonchev–Trinajstić information content (AvgIpc) is 3.44. The van der Waals surface area contributed by atoms with Crippen molar-refractivity contribution in [3.63, 3.8) is 0 Å². The molecule has 1 aliphatic rings. The molecule has 6 heteroatoms. The van der Waals surface area contributed by atoms with E-state index in [1.165, 1.54) is 17.7 Å². The molecular weight excluding hydrogens is 431 g/mol. The summed E-state index contributed by atoms with van der Waals surface area (Å²) in [7, 11) is 0. The van der Waals surface area contributed by atoms with E-state index in [0.717, 1.165) is 22.8 Å². The number of pyridine rings is 1. The first-order chi connectivity index (χ1) is 16.0. The lowest BCUT2D eigenvalue weighted by atomic mass is 9.99. The Bertz CT molecular complexity index is 1250. The third-order valence-corrected chi connectivity index (χ3v) is 6.44. The minimum absolute atomic E-state index is 0.141. The summed E-state index contributed by atoms with van der Waals surface area (Å²) in [6, 6.07) is 24.9. The predicted molar refractivity (Wildman–Crippen MR) is 134 cm³/mol. The van der Waals surface area contributed by atoms with Crippen LogP contribution in [0.25, 0.3) is 5.69 Å². The van der Waals surface area contributed by atoms with E-state index in [2.05, 4.69) is 63.9 Å². The number of anilines is 1. The zero-order chi connectivity index (χ0) is 22.9. The fraction of sp³-hybridized carbons (Fsp3) is 0.185. The number of hydrogen-bond acceptors (Lipinski definition) is 2. The molecule has 2 atom stereocenters. The maximum absolute atomic E-state index is 13.6. The number of nitrogens with zero attached hydrogens (tertiary/aromatic N) is 3. The minimum atomic E-state index is -0.255. The van der Waals surface area contributed by atoms with Crippen LogP contribution in [0.3, 0.4) is 0 Å². The summed E-state index contributed by atoms with van der Waals surface area (Å²) >= 11 is 5.84. The van der Waals surface area contributed by atoms with Gasteiger partial charge in [0.15, 0.2) is 5.11 Å². The van der Waals surface area contributed by atoms with Crippen LogP contribution in [0.1, 0.15) is 48.8 Å². The van der Waals surface area contributed by atoms with Crippen molar-refractivity contribution in [3.05, 3.63) is 114 Å². The van der Waals surface area contributed by atoms with Crippen LogP contribution in [0.4, 0.5) is 10.1 Å². The highest BCUT2D eigenvalue weighted by molar-refractivity contribution is 7.80. The molecule has 2 aromatic heterocycles. The van der Waals surface area contributed by atoms with Gasteiger partial charge in [-0.25, -0.2) is 4.39 Å².